The Hall–Kier alpha value is -1.79. The van der Waals surface area contributed by atoms with Gasteiger partial charge >= 0.3 is 0 Å². The van der Waals surface area contributed by atoms with E-state index in [9.17, 15) is 4.79 Å². The van der Waals surface area contributed by atoms with Gasteiger partial charge in [-0.25, -0.2) is 0 Å². The van der Waals surface area contributed by atoms with Gasteiger partial charge in [-0.05, 0) is 25.2 Å². The van der Waals surface area contributed by atoms with Crippen LogP contribution in [-0.2, 0) is 4.74 Å². The second-order valence-corrected chi connectivity index (χ2v) is 6.31. The normalized spacial score (nSPS) is 24.9. The van der Waals surface area contributed by atoms with Crippen LogP contribution >= 0.6 is 0 Å². The smallest absolute Gasteiger partial charge is 0.254 e. The third kappa shape index (κ3) is 3.28. The predicted octanol–water partition coefficient (Wildman–Crippen LogP) is 1.11. The number of ether oxygens (including phenoxy) is 3. The summed E-state index contributed by atoms with van der Waals surface area (Å²) in [5.41, 5.74) is 0.623. The molecule has 3 rings (SSSR count). The highest BCUT2D eigenvalue weighted by Gasteiger charge is 2.35. The zero-order valence-corrected chi connectivity index (χ0v) is 13.9. The van der Waals surface area contributed by atoms with Crippen LogP contribution < -0.4 is 9.47 Å². The molecule has 0 unspecified atom stereocenters. The van der Waals surface area contributed by atoms with Gasteiger partial charge in [0.2, 0.25) is 0 Å². The summed E-state index contributed by atoms with van der Waals surface area (Å²) in [6, 6.07) is 5.41. The van der Waals surface area contributed by atoms with Gasteiger partial charge in [-0.3, -0.25) is 4.79 Å². The van der Waals surface area contributed by atoms with Crippen LogP contribution in [0.1, 0.15) is 10.4 Å². The molecule has 2 heterocycles. The molecule has 0 saturated carbocycles. The second-order valence-electron chi connectivity index (χ2n) is 6.31. The molecule has 0 aromatic heterocycles. The number of carbonyl (C=O) groups is 1. The molecule has 6 nitrogen and oxygen atoms in total. The number of methoxy groups -OCH3 is 2. The molecule has 23 heavy (non-hydrogen) atoms. The number of hydrogen-bond acceptors (Lipinski definition) is 5. The van der Waals surface area contributed by atoms with Gasteiger partial charge in [-0.1, -0.05) is 0 Å². The fourth-order valence-electron chi connectivity index (χ4n) is 3.46. The van der Waals surface area contributed by atoms with Crippen LogP contribution in [0.5, 0.6) is 11.5 Å². The first kappa shape index (κ1) is 16.1. The van der Waals surface area contributed by atoms with Crippen molar-refractivity contribution in [2.45, 2.75) is 6.04 Å². The molecule has 0 radical (unpaired) electrons. The maximum Gasteiger partial charge on any atom is 0.254 e. The third-order valence-corrected chi connectivity index (χ3v) is 4.54. The quantitative estimate of drug-likeness (QED) is 0.835. The predicted molar refractivity (Wildman–Crippen MR) is 86.2 cm³/mol. The summed E-state index contributed by atoms with van der Waals surface area (Å²) in [5.74, 6) is 1.59. The molecule has 126 valence electrons. The zero-order valence-electron chi connectivity index (χ0n) is 13.9. The van der Waals surface area contributed by atoms with Gasteiger partial charge in [0.05, 0.1) is 33.5 Å². The average molecular weight is 320 g/mol. The number of amides is 1. The summed E-state index contributed by atoms with van der Waals surface area (Å²) in [5, 5.41) is 0. The van der Waals surface area contributed by atoms with Gasteiger partial charge in [-0.15, -0.1) is 0 Å². The van der Waals surface area contributed by atoms with Gasteiger partial charge in [0.1, 0.15) is 0 Å². The molecule has 2 bridgehead atoms. The first-order chi connectivity index (χ1) is 11.1. The van der Waals surface area contributed by atoms with E-state index >= 15 is 0 Å². The Kier molecular flexibility index (Phi) is 4.73. The summed E-state index contributed by atoms with van der Waals surface area (Å²) in [7, 11) is 5.27. The molecule has 6 heteroatoms. The van der Waals surface area contributed by atoms with E-state index in [1.54, 1.807) is 32.4 Å². The maximum atomic E-state index is 13.0. The van der Waals surface area contributed by atoms with Crippen molar-refractivity contribution in [3.8, 4) is 11.5 Å². The van der Waals surface area contributed by atoms with Gasteiger partial charge < -0.3 is 24.0 Å². The van der Waals surface area contributed by atoms with Crippen molar-refractivity contribution in [3.63, 3.8) is 0 Å². The van der Waals surface area contributed by atoms with Gasteiger partial charge in [0, 0.05) is 31.1 Å². The van der Waals surface area contributed by atoms with E-state index in [0.717, 1.165) is 26.2 Å². The van der Waals surface area contributed by atoms with Crippen molar-refractivity contribution >= 4 is 5.91 Å². The van der Waals surface area contributed by atoms with Crippen LogP contribution in [0.2, 0.25) is 0 Å². The molecule has 2 fully saturated rings. The van der Waals surface area contributed by atoms with E-state index in [1.165, 1.54) is 0 Å². The molecule has 2 atom stereocenters. The number of fused-ring (bicyclic) bond motifs is 3. The van der Waals surface area contributed by atoms with Crippen molar-refractivity contribution < 1.29 is 19.0 Å². The molecule has 2 aliphatic heterocycles. The first-order valence-corrected chi connectivity index (χ1v) is 7.91. The van der Waals surface area contributed by atoms with Gasteiger partial charge in [-0.2, -0.15) is 0 Å². The summed E-state index contributed by atoms with van der Waals surface area (Å²) in [6.45, 7) is 3.86. The minimum atomic E-state index is 0.0294. The van der Waals surface area contributed by atoms with E-state index in [-0.39, 0.29) is 11.9 Å². The van der Waals surface area contributed by atoms with Crippen LogP contribution in [0.4, 0.5) is 0 Å². The molecular formula is C17H24N2O4. The molecule has 1 aromatic carbocycles. The molecule has 1 amide bonds. The van der Waals surface area contributed by atoms with Crippen molar-refractivity contribution in [3.05, 3.63) is 23.8 Å². The second kappa shape index (κ2) is 6.76. The van der Waals surface area contributed by atoms with Crippen LogP contribution in [0.3, 0.4) is 0 Å². The molecule has 1 aromatic rings. The molecule has 0 N–H and O–H groups in total. The van der Waals surface area contributed by atoms with E-state index in [2.05, 4.69) is 11.9 Å². The van der Waals surface area contributed by atoms with Crippen molar-refractivity contribution in [2.75, 3.05) is 54.1 Å². The summed E-state index contributed by atoms with van der Waals surface area (Å²) >= 11 is 0. The fourth-order valence-corrected chi connectivity index (χ4v) is 3.46. The van der Waals surface area contributed by atoms with E-state index < -0.39 is 0 Å². The van der Waals surface area contributed by atoms with Crippen LogP contribution in [-0.4, -0.2) is 75.9 Å². The third-order valence-electron chi connectivity index (χ3n) is 4.54. The average Bonchev–Trinajstić information content (AvgIpc) is 2.83. The number of rotatable bonds is 3. The lowest BCUT2D eigenvalue weighted by Gasteiger charge is -2.30. The number of carbonyl (C=O) groups excluding carboxylic acids is 1. The van der Waals surface area contributed by atoms with Crippen molar-refractivity contribution in [2.24, 2.45) is 5.92 Å². The zero-order chi connectivity index (χ0) is 16.4. The standard InChI is InChI=1S/C17H24N2O4/c1-18-7-12-8-19(14(9-18)11-23-10-12)17(20)13-4-5-15(21-2)16(6-13)22-3/h4-6,12,14H,7-11H2,1-3H3/t12-,14-/m0/s1. The number of nitrogens with zero attached hydrogens (tertiary/aromatic N) is 2. The molecular weight excluding hydrogens is 296 g/mol. The Morgan fingerprint density at radius 2 is 1.91 bits per heavy atom. The van der Waals surface area contributed by atoms with Crippen LogP contribution in [0.15, 0.2) is 18.2 Å². The van der Waals surface area contributed by atoms with E-state index in [1.807, 2.05) is 4.90 Å². The largest absolute Gasteiger partial charge is 0.493 e. The van der Waals surface area contributed by atoms with E-state index in [0.29, 0.717) is 29.6 Å². The molecule has 2 saturated heterocycles. The number of hydrogen-bond donors (Lipinski definition) is 0. The summed E-state index contributed by atoms with van der Waals surface area (Å²) in [4.78, 5) is 17.3. The highest BCUT2D eigenvalue weighted by Crippen LogP contribution is 2.29. The first-order valence-electron chi connectivity index (χ1n) is 7.91. The SMILES string of the molecule is COc1ccc(C(=O)N2C[C@H]3COC[C@@H]2CN(C)C3)cc1OC. The summed E-state index contributed by atoms with van der Waals surface area (Å²) < 4.78 is 16.3. The molecule has 2 aliphatic rings. The minimum Gasteiger partial charge on any atom is -0.493 e. The molecule has 0 aliphatic carbocycles. The Labute approximate surface area is 136 Å². The number of benzene rings is 1. The summed E-state index contributed by atoms with van der Waals surface area (Å²) in [6.07, 6.45) is 0. The molecule has 0 spiro atoms. The van der Waals surface area contributed by atoms with Crippen LogP contribution in [0, 0.1) is 5.92 Å². The Bertz CT molecular complexity index is 578. The topological polar surface area (TPSA) is 51.2 Å². The monoisotopic (exact) mass is 320 g/mol. The lowest BCUT2D eigenvalue weighted by molar-refractivity contribution is 0.0483. The van der Waals surface area contributed by atoms with Crippen molar-refractivity contribution in [1.82, 2.24) is 9.80 Å². The fraction of sp³-hybridized carbons (Fsp3) is 0.588. The lowest BCUT2D eigenvalue weighted by atomic mass is 10.1. The van der Waals surface area contributed by atoms with Crippen LogP contribution in [0.25, 0.3) is 0 Å². The number of likely N-dealkylation sites (N-methyl/N-ethyl adjacent to an activating group) is 1. The lowest BCUT2D eigenvalue weighted by Crippen LogP contribution is -2.45. The maximum absolute atomic E-state index is 13.0. The highest BCUT2D eigenvalue weighted by molar-refractivity contribution is 5.95. The van der Waals surface area contributed by atoms with E-state index in [4.69, 9.17) is 14.2 Å². The van der Waals surface area contributed by atoms with Gasteiger partial charge in [0.25, 0.3) is 5.91 Å². The van der Waals surface area contributed by atoms with Gasteiger partial charge in [0.15, 0.2) is 11.5 Å². The Morgan fingerprint density at radius 1 is 1.13 bits per heavy atom. The Balaban J connectivity index is 1.87. The highest BCUT2D eigenvalue weighted by atomic mass is 16.5. The van der Waals surface area contributed by atoms with Crippen molar-refractivity contribution in [1.29, 1.82) is 0 Å². The minimum absolute atomic E-state index is 0.0294. The Morgan fingerprint density at radius 3 is 2.65 bits per heavy atom.